The molecule has 1 atom stereocenters. The van der Waals surface area contributed by atoms with Crippen LogP contribution in [0, 0.1) is 23.2 Å². The number of ether oxygens (including phenoxy) is 2. The highest BCUT2D eigenvalue weighted by Gasteiger charge is 2.36. The van der Waals surface area contributed by atoms with Crippen LogP contribution >= 0.6 is 0 Å². The van der Waals surface area contributed by atoms with Gasteiger partial charge in [0.15, 0.2) is 0 Å². The molecule has 2 aliphatic carbocycles. The molecule has 1 aliphatic heterocycles. The van der Waals surface area contributed by atoms with Crippen LogP contribution in [0.1, 0.15) is 94.7 Å². The van der Waals surface area contributed by atoms with E-state index in [2.05, 4.69) is 36.0 Å². The smallest absolute Gasteiger partial charge is 0.410 e. The highest BCUT2D eigenvalue weighted by Crippen LogP contribution is 2.39. The van der Waals surface area contributed by atoms with Crippen LogP contribution in [0.4, 0.5) is 10.6 Å². The third-order valence-electron chi connectivity index (χ3n) is 11.3. The van der Waals surface area contributed by atoms with Crippen LogP contribution in [0.3, 0.4) is 0 Å². The molecule has 272 valence electrons. The van der Waals surface area contributed by atoms with E-state index in [4.69, 9.17) is 14.5 Å². The van der Waals surface area contributed by atoms with Crippen molar-refractivity contribution in [2.45, 2.75) is 95.7 Å². The van der Waals surface area contributed by atoms with E-state index in [9.17, 15) is 14.9 Å². The summed E-state index contributed by atoms with van der Waals surface area (Å²) < 4.78 is 13.3. The lowest BCUT2D eigenvalue weighted by atomic mass is 9.78. The van der Waals surface area contributed by atoms with Crippen LogP contribution in [0.25, 0.3) is 11.1 Å². The molecule has 1 unspecified atom stereocenters. The Balaban J connectivity index is 1.14. The van der Waals surface area contributed by atoms with Gasteiger partial charge in [0.1, 0.15) is 23.7 Å². The third-order valence-corrected chi connectivity index (χ3v) is 11.3. The number of hydrogen-bond donors (Lipinski definition) is 0. The van der Waals surface area contributed by atoms with Gasteiger partial charge in [0.25, 0.3) is 0 Å². The van der Waals surface area contributed by atoms with E-state index < -0.39 is 0 Å². The quantitative estimate of drug-likeness (QED) is 0.222. The number of nitrogens with zero attached hydrogens (tertiary/aromatic N) is 7. The molecule has 3 heterocycles. The van der Waals surface area contributed by atoms with E-state index in [0.717, 1.165) is 49.8 Å². The van der Waals surface area contributed by atoms with Crippen LogP contribution in [0.2, 0.25) is 0 Å². The van der Waals surface area contributed by atoms with Gasteiger partial charge in [-0.1, -0.05) is 6.07 Å². The summed E-state index contributed by atoms with van der Waals surface area (Å²) in [4.78, 5) is 38.1. The first-order chi connectivity index (χ1) is 24.6. The van der Waals surface area contributed by atoms with Crippen molar-refractivity contribution in [3.05, 3.63) is 60.0 Å². The van der Waals surface area contributed by atoms with Gasteiger partial charge in [0, 0.05) is 55.6 Å². The summed E-state index contributed by atoms with van der Waals surface area (Å²) in [5, 5.41) is 14.2. The average molecular weight is 696 g/mol. The highest BCUT2D eigenvalue weighted by molar-refractivity contribution is 5.94. The lowest BCUT2D eigenvalue weighted by Gasteiger charge is -2.36. The number of anilines is 1. The first-order valence-corrected chi connectivity index (χ1v) is 18.7. The molecule has 2 saturated carbocycles. The second kappa shape index (κ2) is 16.3. The fraction of sp³-hybridized carbons (Fsp3) is 0.575. The van der Waals surface area contributed by atoms with Gasteiger partial charge in [-0.2, -0.15) is 10.4 Å². The molecule has 51 heavy (non-hydrogen) atoms. The molecule has 0 radical (unpaired) electrons. The maximum atomic E-state index is 14.5. The van der Waals surface area contributed by atoms with Crippen molar-refractivity contribution in [1.82, 2.24) is 24.6 Å². The molecule has 1 saturated heterocycles. The lowest BCUT2D eigenvalue weighted by molar-refractivity contribution is -0.124. The van der Waals surface area contributed by atoms with Crippen LogP contribution < -0.4 is 9.64 Å². The first-order valence-electron chi connectivity index (χ1n) is 18.7. The molecule has 2 amide bonds. The fourth-order valence-corrected chi connectivity index (χ4v) is 8.01. The molecular weight excluding hydrogens is 642 g/mol. The fourth-order valence-electron chi connectivity index (χ4n) is 8.01. The number of methoxy groups -OCH3 is 1. The Bertz CT molecular complexity index is 1700. The number of likely N-dealkylation sites (tertiary alicyclic amines) is 1. The predicted octanol–water partition coefficient (Wildman–Crippen LogP) is 7.04. The number of likely N-dealkylation sites (N-methyl/N-ethyl adjacent to an activating group) is 1. The van der Waals surface area contributed by atoms with E-state index in [1.807, 2.05) is 65.2 Å². The van der Waals surface area contributed by atoms with Gasteiger partial charge < -0.3 is 19.3 Å². The molecule has 1 aromatic carbocycles. The van der Waals surface area contributed by atoms with Crippen molar-refractivity contribution in [1.29, 1.82) is 5.26 Å². The molecule has 2 aromatic heterocycles. The number of rotatable bonds is 10. The molecule has 0 bridgehead atoms. The first kappa shape index (κ1) is 36.4. The van der Waals surface area contributed by atoms with Crippen molar-refractivity contribution >= 4 is 17.8 Å². The van der Waals surface area contributed by atoms with Crippen LogP contribution in [0.5, 0.6) is 5.75 Å². The Hall–Kier alpha value is -4.43. The minimum absolute atomic E-state index is 0.103. The summed E-state index contributed by atoms with van der Waals surface area (Å²) in [7, 11) is 5.69. The van der Waals surface area contributed by atoms with Gasteiger partial charge in [-0.05, 0) is 133 Å². The Labute approximate surface area is 302 Å². The summed E-state index contributed by atoms with van der Waals surface area (Å²) >= 11 is 0. The summed E-state index contributed by atoms with van der Waals surface area (Å²) in [6, 6.07) is 12.8. The van der Waals surface area contributed by atoms with Crippen molar-refractivity contribution < 1.29 is 19.1 Å². The number of amides is 2. The maximum Gasteiger partial charge on any atom is 0.410 e. The predicted molar refractivity (Wildman–Crippen MR) is 196 cm³/mol. The standard InChI is InChI=1S/C40H53N7O4/c1-27(2)47-25-34(23-43-47)32-16-18-42-38(21-32)46(24-28-6-8-29(9-7-28)31-12-15-37(50-5)33(20-31)22-41)39(48)30-10-13-36(14-11-30)51-40(49)45-19-17-35(26-45)44(3)4/h12,15-16,18,20-21,23,25,27-30,35-36H,6-11,13-14,17,19,24,26H2,1-5H3. The Morgan fingerprint density at radius 3 is 2.41 bits per heavy atom. The average Bonchev–Trinajstić information content (AvgIpc) is 3.86. The summed E-state index contributed by atoms with van der Waals surface area (Å²) in [5.74, 6) is 1.92. The monoisotopic (exact) mass is 695 g/mol. The van der Waals surface area contributed by atoms with Crippen molar-refractivity contribution in [3.63, 3.8) is 0 Å². The van der Waals surface area contributed by atoms with Gasteiger partial charge in [0.05, 0.1) is 18.9 Å². The largest absolute Gasteiger partial charge is 0.495 e. The zero-order chi connectivity index (χ0) is 36.1. The number of aromatic nitrogens is 3. The van der Waals surface area contributed by atoms with Crippen LogP contribution in [-0.4, -0.2) is 89.5 Å². The van der Waals surface area contributed by atoms with E-state index in [0.29, 0.717) is 73.8 Å². The number of nitriles is 1. The number of carbonyl (C=O) groups excluding carboxylic acids is 2. The second-order valence-electron chi connectivity index (χ2n) is 15.2. The van der Waals surface area contributed by atoms with Gasteiger partial charge in [-0.15, -0.1) is 0 Å². The number of pyridine rings is 1. The lowest BCUT2D eigenvalue weighted by Crippen LogP contribution is -2.43. The second-order valence-corrected chi connectivity index (χ2v) is 15.2. The third kappa shape index (κ3) is 8.55. The molecule has 0 N–H and O–H groups in total. The zero-order valence-corrected chi connectivity index (χ0v) is 30.8. The molecule has 11 nitrogen and oxygen atoms in total. The van der Waals surface area contributed by atoms with E-state index in [-0.39, 0.29) is 30.1 Å². The molecule has 3 fully saturated rings. The Kier molecular flexibility index (Phi) is 11.6. The van der Waals surface area contributed by atoms with Crippen LogP contribution in [0.15, 0.2) is 48.9 Å². The van der Waals surface area contributed by atoms with E-state index in [1.165, 1.54) is 5.56 Å². The summed E-state index contributed by atoms with van der Waals surface area (Å²) in [5.41, 5.74) is 3.72. The van der Waals surface area contributed by atoms with Crippen molar-refractivity contribution in [2.24, 2.45) is 11.8 Å². The van der Waals surface area contributed by atoms with Crippen molar-refractivity contribution in [2.75, 3.05) is 45.7 Å². The van der Waals surface area contributed by atoms with Gasteiger partial charge >= 0.3 is 6.09 Å². The minimum Gasteiger partial charge on any atom is -0.495 e. The van der Waals surface area contributed by atoms with Gasteiger partial charge in [0.2, 0.25) is 5.91 Å². The number of carbonyl (C=O) groups is 2. The van der Waals surface area contributed by atoms with E-state index >= 15 is 0 Å². The molecular formula is C40H53N7O4. The highest BCUT2D eigenvalue weighted by atomic mass is 16.6. The topological polar surface area (TPSA) is 117 Å². The molecule has 0 spiro atoms. The van der Waals surface area contributed by atoms with Crippen LogP contribution in [-0.2, 0) is 9.53 Å². The van der Waals surface area contributed by atoms with Gasteiger partial charge in [-0.3, -0.25) is 14.4 Å². The number of benzene rings is 1. The number of hydrogen-bond acceptors (Lipinski definition) is 8. The molecule has 3 aromatic rings. The normalized spacial score (nSPS) is 23.6. The van der Waals surface area contributed by atoms with Gasteiger partial charge in [-0.25, -0.2) is 9.78 Å². The SMILES string of the molecule is COc1ccc(C2CCC(CN(C(=O)C3CCC(OC(=O)N4CCC(N(C)C)C4)CC3)c3cc(-c4cnn(C(C)C)c4)ccn3)CC2)cc1C#N. The van der Waals surface area contributed by atoms with Crippen molar-refractivity contribution in [3.8, 4) is 22.9 Å². The zero-order valence-electron chi connectivity index (χ0n) is 30.8. The molecule has 6 rings (SSSR count). The Morgan fingerprint density at radius 1 is 1.00 bits per heavy atom. The maximum absolute atomic E-state index is 14.5. The van der Waals surface area contributed by atoms with E-state index in [1.54, 1.807) is 13.3 Å². The summed E-state index contributed by atoms with van der Waals surface area (Å²) in [6.45, 7) is 6.23. The minimum atomic E-state index is -0.230. The Morgan fingerprint density at radius 2 is 1.76 bits per heavy atom. The molecule has 3 aliphatic rings. The summed E-state index contributed by atoms with van der Waals surface area (Å²) in [6.07, 6.45) is 12.9. The molecule has 11 heteroatoms.